The third kappa shape index (κ3) is 4.51. The van der Waals surface area contributed by atoms with E-state index in [0.717, 1.165) is 16.4 Å². The predicted octanol–water partition coefficient (Wildman–Crippen LogP) is 2.33. The number of imide groups is 1. The van der Waals surface area contributed by atoms with Crippen LogP contribution in [0.25, 0.3) is 0 Å². The fourth-order valence-corrected chi connectivity index (χ4v) is 3.33. The van der Waals surface area contributed by atoms with Crippen molar-refractivity contribution >= 4 is 23.7 Å². The number of nitrogen functional groups attached to an aromatic ring is 1. The number of anilines is 1. The number of likely N-dealkylation sites (tertiary alicyclic amines) is 1. The molecule has 158 valence electrons. The van der Waals surface area contributed by atoms with Crippen molar-refractivity contribution in [1.82, 2.24) is 14.9 Å². The van der Waals surface area contributed by atoms with Crippen LogP contribution in [-0.2, 0) is 16.0 Å². The van der Waals surface area contributed by atoms with Gasteiger partial charge in [0.15, 0.2) is 11.8 Å². The molecule has 1 aliphatic heterocycles. The summed E-state index contributed by atoms with van der Waals surface area (Å²) in [7, 11) is 0. The van der Waals surface area contributed by atoms with Gasteiger partial charge in [0.1, 0.15) is 5.82 Å². The summed E-state index contributed by atoms with van der Waals surface area (Å²) in [6.07, 6.45) is 3.08. The molecule has 3 rings (SSSR count). The molecule has 0 bridgehead atoms. The highest BCUT2D eigenvalue weighted by molar-refractivity contribution is 6.07. The first-order valence-electron chi connectivity index (χ1n) is 9.73. The number of carboxylic acids is 1. The van der Waals surface area contributed by atoms with Crippen LogP contribution in [0, 0.1) is 5.92 Å². The van der Waals surface area contributed by atoms with Crippen molar-refractivity contribution < 1.29 is 24.3 Å². The van der Waals surface area contributed by atoms with Crippen LogP contribution in [0.15, 0.2) is 48.7 Å². The Balaban J connectivity index is 1.78. The lowest BCUT2D eigenvalue weighted by molar-refractivity contribution is -0.169. The number of aromatic nitrogens is 1. The highest BCUT2D eigenvalue weighted by Gasteiger charge is 2.56. The van der Waals surface area contributed by atoms with Gasteiger partial charge in [0.05, 0.1) is 12.5 Å². The number of β-lactam (4-membered cyclic amide) rings is 1. The summed E-state index contributed by atoms with van der Waals surface area (Å²) < 4.78 is 0. The SMILES string of the molecule is CCCCN(Oc1ccccc1)C(=O)N1C(=O)[C@H](Cc2ccnc(N)c2)[C@H]1C(=O)O. The van der Waals surface area contributed by atoms with Crippen LogP contribution < -0.4 is 10.6 Å². The van der Waals surface area contributed by atoms with Gasteiger partial charge < -0.3 is 15.7 Å². The molecule has 1 fully saturated rings. The Hall–Kier alpha value is -3.62. The highest BCUT2D eigenvalue weighted by atomic mass is 16.7. The van der Waals surface area contributed by atoms with Crippen LogP contribution >= 0.6 is 0 Å². The maximum Gasteiger partial charge on any atom is 0.360 e. The Morgan fingerprint density at radius 3 is 2.63 bits per heavy atom. The predicted molar refractivity (Wildman–Crippen MR) is 108 cm³/mol. The van der Waals surface area contributed by atoms with Gasteiger partial charge in [-0.3, -0.25) is 4.79 Å². The number of urea groups is 1. The molecule has 0 unspecified atom stereocenters. The molecule has 0 radical (unpaired) electrons. The van der Waals surface area contributed by atoms with Crippen LogP contribution in [0.5, 0.6) is 5.75 Å². The number of unbranched alkanes of at least 4 members (excludes halogenated alkanes) is 1. The molecule has 1 aromatic carbocycles. The molecule has 1 saturated heterocycles. The van der Waals surface area contributed by atoms with Gasteiger partial charge in [0.25, 0.3) is 0 Å². The van der Waals surface area contributed by atoms with E-state index in [-0.39, 0.29) is 18.8 Å². The van der Waals surface area contributed by atoms with Gasteiger partial charge in [-0.05, 0) is 42.7 Å². The van der Waals surface area contributed by atoms with Crippen LogP contribution in [0.2, 0.25) is 0 Å². The monoisotopic (exact) mass is 412 g/mol. The zero-order chi connectivity index (χ0) is 21.7. The molecule has 0 spiro atoms. The standard InChI is InChI=1S/C21H24N4O5/c1-2-3-11-24(30-15-7-5-4-6-8-15)21(29)25-18(20(27)28)16(19(25)26)12-14-9-10-23-17(22)13-14/h4-10,13,16,18H,2-3,11-12H2,1H3,(H2,22,23)(H,27,28)/t16-,18+/m1/s1. The van der Waals surface area contributed by atoms with Gasteiger partial charge in [0, 0.05) is 6.20 Å². The average molecular weight is 412 g/mol. The summed E-state index contributed by atoms with van der Waals surface area (Å²) in [5.41, 5.74) is 6.34. The van der Waals surface area contributed by atoms with Crippen LogP contribution in [0.1, 0.15) is 25.3 Å². The lowest BCUT2D eigenvalue weighted by Crippen LogP contribution is -2.69. The fraction of sp³-hybridized carbons (Fsp3) is 0.333. The number of rotatable bonds is 8. The Kier molecular flexibility index (Phi) is 6.51. The summed E-state index contributed by atoms with van der Waals surface area (Å²) >= 11 is 0. The van der Waals surface area contributed by atoms with Crippen molar-refractivity contribution in [3.8, 4) is 5.75 Å². The van der Waals surface area contributed by atoms with E-state index in [1.807, 2.05) is 6.92 Å². The molecular weight excluding hydrogens is 388 g/mol. The number of nitrogens with two attached hydrogens (primary N) is 1. The number of hydrogen-bond acceptors (Lipinski definition) is 6. The smallest absolute Gasteiger partial charge is 0.360 e. The second kappa shape index (κ2) is 9.25. The molecule has 1 aliphatic rings. The number of hydroxylamine groups is 2. The molecule has 9 heteroatoms. The van der Waals surface area contributed by atoms with E-state index in [4.69, 9.17) is 10.6 Å². The second-order valence-corrected chi connectivity index (χ2v) is 7.03. The normalized spacial score (nSPS) is 17.9. The van der Waals surface area contributed by atoms with Gasteiger partial charge in [-0.2, -0.15) is 5.06 Å². The molecule has 2 aromatic rings. The van der Waals surface area contributed by atoms with Crippen molar-refractivity contribution in [2.45, 2.75) is 32.2 Å². The Bertz CT molecular complexity index is 921. The van der Waals surface area contributed by atoms with Crippen molar-refractivity contribution in [2.75, 3.05) is 12.3 Å². The van der Waals surface area contributed by atoms with Crippen LogP contribution in [0.3, 0.4) is 0 Å². The largest absolute Gasteiger partial charge is 0.480 e. The zero-order valence-electron chi connectivity index (χ0n) is 16.6. The number of nitrogens with zero attached hydrogens (tertiary/aromatic N) is 3. The van der Waals surface area contributed by atoms with E-state index in [2.05, 4.69) is 4.98 Å². The summed E-state index contributed by atoms with van der Waals surface area (Å²) in [4.78, 5) is 47.9. The summed E-state index contributed by atoms with van der Waals surface area (Å²) in [5, 5.41) is 10.7. The molecule has 0 aliphatic carbocycles. The number of carbonyl (C=O) groups is 3. The molecule has 9 nitrogen and oxygen atoms in total. The molecule has 2 heterocycles. The third-order valence-electron chi connectivity index (χ3n) is 4.86. The number of amides is 3. The fourth-order valence-electron chi connectivity index (χ4n) is 3.33. The van der Waals surface area contributed by atoms with E-state index < -0.39 is 29.9 Å². The highest BCUT2D eigenvalue weighted by Crippen LogP contribution is 2.32. The topological polar surface area (TPSA) is 126 Å². The summed E-state index contributed by atoms with van der Waals surface area (Å²) in [6, 6.07) is 9.86. The number of carbonyl (C=O) groups excluding carboxylic acids is 2. The maximum atomic E-state index is 13.0. The van der Waals surface area contributed by atoms with Crippen molar-refractivity contribution in [3.05, 3.63) is 54.2 Å². The molecule has 3 amide bonds. The van der Waals surface area contributed by atoms with Crippen molar-refractivity contribution in [1.29, 1.82) is 0 Å². The van der Waals surface area contributed by atoms with Gasteiger partial charge in [0.2, 0.25) is 5.91 Å². The quantitative estimate of drug-likeness (QED) is 0.503. The molecule has 1 aromatic heterocycles. The number of carboxylic acid groups (broad SMARTS) is 1. The van der Waals surface area contributed by atoms with Crippen molar-refractivity contribution in [2.24, 2.45) is 5.92 Å². The minimum atomic E-state index is -1.28. The number of para-hydroxylation sites is 1. The lowest BCUT2D eigenvalue weighted by atomic mass is 9.82. The lowest BCUT2D eigenvalue weighted by Gasteiger charge is -2.44. The van der Waals surface area contributed by atoms with Gasteiger partial charge >= 0.3 is 12.0 Å². The molecule has 0 saturated carbocycles. The zero-order valence-corrected chi connectivity index (χ0v) is 16.6. The number of benzene rings is 1. The Morgan fingerprint density at radius 2 is 2.00 bits per heavy atom. The Morgan fingerprint density at radius 1 is 1.27 bits per heavy atom. The average Bonchev–Trinajstić information content (AvgIpc) is 2.73. The van der Waals surface area contributed by atoms with Gasteiger partial charge in [-0.15, -0.1) is 0 Å². The Labute approximate surface area is 174 Å². The molecule has 3 N–H and O–H groups in total. The van der Waals surface area contributed by atoms with E-state index in [9.17, 15) is 19.5 Å². The maximum absolute atomic E-state index is 13.0. The van der Waals surface area contributed by atoms with Gasteiger partial charge in [-0.1, -0.05) is 31.5 Å². The minimum Gasteiger partial charge on any atom is -0.480 e. The first kappa shape index (κ1) is 21.1. The molecule has 2 atom stereocenters. The van der Waals surface area contributed by atoms with Crippen LogP contribution in [-0.4, -0.2) is 50.5 Å². The van der Waals surface area contributed by atoms with Gasteiger partial charge in [-0.25, -0.2) is 19.5 Å². The number of aliphatic carboxylic acids is 1. The number of pyridine rings is 1. The van der Waals surface area contributed by atoms with E-state index in [1.54, 1.807) is 42.5 Å². The minimum absolute atomic E-state index is 0.154. The third-order valence-corrected chi connectivity index (χ3v) is 4.86. The van der Waals surface area contributed by atoms with Crippen LogP contribution in [0.4, 0.5) is 10.6 Å². The van der Waals surface area contributed by atoms with E-state index in [0.29, 0.717) is 17.7 Å². The van der Waals surface area contributed by atoms with Crippen molar-refractivity contribution in [3.63, 3.8) is 0 Å². The summed E-state index contributed by atoms with van der Waals surface area (Å²) in [5.74, 6) is -1.96. The summed E-state index contributed by atoms with van der Waals surface area (Å²) in [6.45, 7) is 2.18. The first-order chi connectivity index (χ1) is 14.4. The number of hydrogen-bond donors (Lipinski definition) is 2. The second-order valence-electron chi connectivity index (χ2n) is 7.03. The molecule has 30 heavy (non-hydrogen) atoms. The first-order valence-corrected chi connectivity index (χ1v) is 9.73. The van der Waals surface area contributed by atoms with E-state index >= 15 is 0 Å². The van der Waals surface area contributed by atoms with E-state index in [1.165, 1.54) is 6.20 Å². The molecular formula is C21H24N4O5.